The molecule has 0 saturated heterocycles. The number of hydrogen-bond acceptors (Lipinski definition) is 5. The van der Waals surface area contributed by atoms with Gasteiger partial charge in [0.1, 0.15) is 12.4 Å². The molecule has 8 nitrogen and oxygen atoms in total. The molecule has 3 aromatic rings. The van der Waals surface area contributed by atoms with Gasteiger partial charge in [0.15, 0.2) is 0 Å². The largest absolute Gasteiger partial charge is 0.328 e. The van der Waals surface area contributed by atoms with E-state index in [1.54, 1.807) is 10.9 Å². The minimum atomic E-state index is -0.391. The van der Waals surface area contributed by atoms with E-state index in [4.69, 9.17) is 0 Å². The molecule has 0 saturated carbocycles. The molecule has 1 atom stereocenters. The summed E-state index contributed by atoms with van der Waals surface area (Å²) in [7, 11) is 0. The molecule has 2 N–H and O–H groups in total. The van der Waals surface area contributed by atoms with Gasteiger partial charge in [-0.25, -0.2) is 4.68 Å². The Morgan fingerprint density at radius 1 is 1.27 bits per heavy atom. The number of aromatic nitrogens is 5. The molecular formula is C18H19N7O. The number of benzene rings is 1. The van der Waals surface area contributed by atoms with Gasteiger partial charge >= 0.3 is 0 Å². The van der Waals surface area contributed by atoms with Crippen LogP contribution in [0.2, 0.25) is 0 Å². The molecule has 0 unspecified atom stereocenters. The highest BCUT2D eigenvalue weighted by atomic mass is 16.1. The smallest absolute Gasteiger partial charge is 0.255 e. The molecule has 132 valence electrons. The first-order chi connectivity index (χ1) is 12.7. The van der Waals surface area contributed by atoms with Crippen molar-refractivity contribution in [2.24, 2.45) is 0 Å². The minimum Gasteiger partial charge on any atom is -0.328 e. The van der Waals surface area contributed by atoms with E-state index < -0.39 is 6.04 Å². The summed E-state index contributed by atoms with van der Waals surface area (Å²) >= 11 is 0. The van der Waals surface area contributed by atoms with E-state index >= 15 is 0 Å². The van der Waals surface area contributed by atoms with Crippen molar-refractivity contribution in [2.45, 2.75) is 26.4 Å². The fourth-order valence-corrected chi connectivity index (χ4v) is 3.11. The van der Waals surface area contributed by atoms with Gasteiger partial charge in [0, 0.05) is 29.7 Å². The number of nitrogens with zero attached hydrogens (tertiary/aromatic N) is 5. The lowest BCUT2D eigenvalue weighted by Crippen LogP contribution is -2.31. The Morgan fingerprint density at radius 2 is 2.08 bits per heavy atom. The number of anilines is 2. The normalized spacial score (nSPS) is 16.2. The van der Waals surface area contributed by atoms with Crippen molar-refractivity contribution < 1.29 is 4.79 Å². The second-order valence-electron chi connectivity index (χ2n) is 6.04. The Kier molecular flexibility index (Phi) is 4.00. The highest BCUT2D eigenvalue weighted by molar-refractivity contribution is 6.05. The Balaban J connectivity index is 1.75. The first-order valence-electron chi connectivity index (χ1n) is 8.43. The van der Waals surface area contributed by atoms with Gasteiger partial charge < -0.3 is 10.6 Å². The van der Waals surface area contributed by atoms with Crippen LogP contribution in [0.4, 0.5) is 11.6 Å². The topological polar surface area (TPSA) is 89.7 Å². The molecule has 0 radical (unpaired) electrons. The zero-order valence-electron chi connectivity index (χ0n) is 14.5. The van der Waals surface area contributed by atoms with Crippen LogP contribution in [0.3, 0.4) is 0 Å². The second kappa shape index (κ2) is 6.47. The van der Waals surface area contributed by atoms with E-state index in [0.29, 0.717) is 11.5 Å². The number of amides is 1. The van der Waals surface area contributed by atoms with E-state index in [-0.39, 0.29) is 5.91 Å². The van der Waals surface area contributed by atoms with Crippen LogP contribution in [0.15, 0.2) is 60.3 Å². The summed E-state index contributed by atoms with van der Waals surface area (Å²) in [6, 6.07) is 9.00. The van der Waals surface area contributed by atoms with Gasteiger partial charge in [-0.15, -0.1) is 0 Å². The van der Waals surface area contributed by atoms with Crippen molar-refractivity contribution in [3.05, 3.63) is 65.9 Å². The molecule has 0 bridgehead atoms. The van der Waals surface area contributed by atoms with Crippen LogP contribution >= 0.6 is 0 Å². The van der Waals surface area contributed by atoms with Crippen LogP contribution in [-0.4, -0.2) is 30.5 Å². The maximum atomic E-state index is 13.1. The number of para-hydroxylation sites is 1. The van der Waals surface area contributed by atoms with E-state index in [9.17, 15) is 4.79 Å². The predicted octanol–water partition coefficient (Wildman–Crippen LogP) is 2.42. The van der Waals surface area contributed by atoms with Crippen LogP contribution in [0.25, 0.3) is 0 Å². The number of fused-ring (bicyclic) bond motifs is 1. The molecule has 1 aliphatic rings. The zero-order valence-corrected chi connectivity index (χ0v) is 14.5. The van der Waals surface area contributed by atoms with E-state index in [0.717, 1.165) is 23.5 Å². The van der Waals surface area contributed by atoms with Crippen molar-refractivity contribution in [1.82, 2.24) is 24.5 Å². The summed E-state index contributed by atoms with van der Waals surface area (Å²) < 4.78 is 3.54. The van der Waals surface area contributed by atoms with Crippen molar-refractivity contribution in [3.8, 4) is 0 Å². The van der Waals surface area contributed by atoms with Gasteiger partial charge in [-0.2, -0.15) is 15.2 Å². The van der Waals surface area contributed by atoms with Crippen molar-refractivity contribution >= 4 is 17.5 Å². The van der Waals surface area contributed by atoms with Gasteiger partial charge in [-0.1, -0.05) is 18.2 Å². The number of hydrogen-bond donors (Lipinski definition) is 2. The fourth-order valence-electron chi connectivity index (χ4n) is 3.11. The van der Waals surface area contributed by atoms with Crippen molar-refractivity contribution in [3.63, 3.8) is 0 Å². The maximum Gasteiger partial charge on any atom is 0.255 e. The summed E-state index contributed by atoms with van der Waals surface area (Å²) in [4.78, 5) is 17.3. The number of rotatable bonds is 4. The van der Waals surface area contributed by atoms with Crippen LogP contribution in [-0.2, 0) is 11.3 Å². The first-order valence-corrected chi connectivity index (χ1v) is 8.43. The molecule has 0 aliphatic carbocycles. The molecule has 8 heteroatoms. The summed E-state index contributed by atoms with van der Waals surface area (Å²) in [5.74, 6) is 0.421. The fraction of sp³-hybridized carbons (Fsp3) is 0.222. The van der Waals surface area contributed by atoms with Gasteiger partial charge in [0.25, 0.3) is 5.91 Å². The third-order valence-electron chi connectivity index (χ3n) is 4.36. The number of nitrogens with one attached hydrogen (secondary N) is 2. The minimum absolute atomic E-state index is 0.184. The summed E-state index contributed by atoms with van der Waals surface area (Å²) in [6.45, 7) is 4.64. The SMILES string of the molecule is CCn1cc([C@@H]2C(C(=O)Nc3ccccc3)=C(C)Nc3ncnn32)cn1. The molecule has 0 spiro atoms. The number of carbonyl (C=O) groups is 1. The lowest BCUT2D eigenvalue weighted by Gasteiger charge is -2.27. The molecule has 1 aromatic carbocycles. The standard InChI is InChI=1S/C18H19N7O/c1-3-24-10-13(9-20-24)16-15(12(2)22-18-19-11-21-25(16)18)17(26)23-14-7-5-4-6-8-14/h4-11,16H,3H2,1-2H3,(H,23,26)(H,19,21,22)/t16-/m1/s1. The third kappa shape index (κ3) is 2.75. The zero-order chi connectivity index (χ0) is 18.1. The third-order valence-corrected chi connectivity index (χ3v) is 4.36. The van der Waals surface area contributed by atoms with Crippen molar-refractivity contribution in [2.75, 3.05) is 10.6 Å². The van der Waals surface area contributed by atoms with E-state index in [1.807, 2.05) is 55.1 Å². The number of aryl methyl sites for hydroxylation is 1. The summed E-state index contributed by atoms with van der Waals surface area (Å²) in [5, 5.41) is 14.8. The van der Waals surface area contributed by atoms with E-state index in [2.05, 4.69) is 25.8 Å². The molecule has 2 aromatic heterocycles. The van der Waals surface area contributed by atoms with Gasteiger partial charge in [0.2, 0.25) is 5.95 Å². The molecule has 1 amide bonds. The quantitative estimate of drug-likeness (QED) is 0.755. The predicted molar refractivity (Wildman–Crippen MR) is 97.5 cm³/mol. The monoisotopic (exact) mass is 349 g/mol. The second-order valence-corrected chi connectivity index (χ2v) is 6.04. The van der Waals surface area contributed by atoms with Crippen LogP contribution < -0.4 is 10.6 Å². The summed E-state index contributed by atoms with van der Waals surface area (Å²) in [6.07, 6.45) is 5.18. The molecule has 26 heavy (non-hydrogen) atoms. The van der Waals surface area contributed by atoms with Gasteiger partial charge in [-0.05, 0) is 26.0 Å². The average molecular weight is 349 g/mol. The van der Waals surface area contributed by atoms with Crippen LogP contribution in [0, 0.1) is 0 Å². The van der Waals surface area contributed by atoms with Crippen LogP contribution in [0.1, 0.15) is 25.5 Å². The van der Waals surface area contributed by atoms with Gasteiger partial charge in [-0.3, -0.25) is 9.48 Å². The Labute approximate surface area is 150 Å². The average Bonchev–Trinajstić information content (AvgIpc) is 3.30. The highest BCUT2D eigenvalue weighted by Crippen LogP contribution is 2.34. The Morgan fingerprint density at radius 3 is 2.81 bits per heavy atom. The highest BCUT2D eigenvalue weighted by Gasteiger charge is 2.34. The molecule has 4 rings (SSSR count). The molecular weight excluding hydrogens is 330 g/mol. The Bertz CT molecular complexity index is 970. The maximum absolute atomic E-state index is 13.1. The Hall–Kier alpha value is -3.42. The van der Waals surface area contributed by atoms with Crippen molar-refractivity contribution in [1.29, 1.82) is 0 Å². The number of allylic oxidation sites excluding steroid dienone is 1. The van der Waals surface area contributed by atoms with E-state index in [1.165, 1.54) is 6.33 Å². The molecule has 0 fully saturated rings. The lowest BCUT2D eigenvalue weighted by atomic mass is 9.97. The lowest BCUT2D eigenvalue weighted by molar-refractivity contribution is -0.113. The number of carbonyl (C=O) groups excluding carboxylic acids is 1. The first kappa shape index (κ1) is 16.1. The van der Waals surface area contributed by atoms with Gasteiger partial charge in [0.05, 0.1) is 11.8 Å². The van der Waals surface area contributed by atoms with Crippen LogP contribution in [0.5, 0.6) is 0 Å². The summed E-state index contributed by atoms with van der Waals surface area (Å²) in [5.41, 5.74) is 2.96. The molecule has 3 heterocycles. The molecule has 1 aliphatic heterocycles.